The molecule has 4 nitrogen and oxygen atoms in total. The van der Waals surface area contributed by atoms with Gasteiger partial charge in [0.1, 0.15) is 5.73 Å². The van der Waals surface area contributed by atoms with Crippen molar-refractivity contribution < 1.29 is 18.1 Å². The molecular formula is C12H26O4Si2. The first kappa shape index (κ1) is 17.6. The first-order valence-electron chi connectivity index (χ1n) is 6.17. The molecule has 0 aliphatic heterocycles. The highest BCUT2D eigenvalue weighted by Crippen LogP contribution is 2.22. The minimum absolute atomic E-state index is 0.177. The Balaban J connectivity index is 4.81. The summed E-state index contributed by atoms with van der Waals surface area (Å²) in [6.07, 6.45) is 0.742. The van der Waals surface area contributed by atoms with E-state index >= 15 is 0 Å². The Morgan fingerprint density at radius 3 is 2.11 bits per heavy atom. The van der Waals surface area contributed by atoms with Crippen LogP contribution in [0, 0.1) is 0 Å². The lowest BCUT2D eigenvalue weighted by atomic mass is 10.4. The minimum atomic E-state index is -2.15. The molecule has 1 unspecified atom stereocenters. The van der Waals surface area contributed by atoms with Gasteiger partial charge in [0, 0.05) is 12.7 Å². The van der Waals surface area contributed by atoms with Crippen LogP contribution < -0.4 is 0 Å². The Morgan fingerprint density at radius 2 is 1.78 bits per heavy atom. The lowest BCUT2D eigenvalue weighted by Gasteiger charge is -2.37. The van der Waals surface area contributed by atoms with E-state index in [4.69, 9.17) is 13.3 Å². The molecule has 0 aromatic rings. The average Bonchev–Trinajstić information content (AvgIpc) is 2.23. The molecule has 0 aliphatic rings. The summed E-state index contributed by atoms with van der Waals surface area (Å²) >= 11 is 0. The Kier molecular flexibility index (Phi) is 6.49. The largest absolute Gasteiger partial charge is 0.460 e. The topological polar surface area (TPSA) is 44.8 Å². The Morgan fingerprint density at radius 1 is 1.28 bits per heavy atom. The maximum absolute atomic E-state index is 11.6. The zero-order valence-electron chi connectivity index (χ0n) is 12.6. The molecule has 1 atom stereocenters. The van der Waals surface area contributed by atoms with Crippen LogP contribution in [0.15, 0.2) is 12.2 Å². The first-order chi connectivity index (χ1) is 8.05. The lowest BCUT2D eigenvalue weighted by molar-refractivity contribution is -0.141. The van der Waals surface area contributed by atoms with Gasteiger partial charge in [0.15, 0.2) is 0 Å². The highest BCUT2D eigenvalue weighted by atomic mass is 28.4. The van der Waals surface area contributed by atoms with Gasteiger partial charge in [-0.3, -0.25) is 0 Å². The van der Waals surface area contributed by atoms with E-state index in [0.29, 0.717) is 5.57 Å². The van der Waals surface area contributed by atoms with Crippen LogP contribution >= 0.6 is 0 Å². The van der Waals surface area contributed by atoms with Crippen molar-refractivity contribution in [2.75, 3.05) is 7.11 Å². The predicted octanol–water partition coefficient (Wildman–Crippen LogP) is 2.99. The molecule has 0 bridgehead atoms. The molecule has 6 heteroatoms. The summed E-state index contributed by atoms with van der Waals surface area (Å²) < 4.78 is 17.1. The fourth-order valence-electron chi connectivity index (χ4n) is 1.69. The maximum Gasteiger partial charge on any atom is 0.333 e. The van der Waals surface area contributed by atoms with E-state index in [1.807, 2.05) is 20.0 Å². The van der Waals surface area contributed by atoms with Gasteiger partial charge in [-0.05, 0) is 39.5 Å². The molecule has 0 saturated heterocycles. The quantitative estimate of drug-likeness (QED) is 0.411. The monoisotopic (exact) mass is 290 g/mol. The van der Waals surface area contributed by atoms with Crippen LogP contribution in [0.3, 0.4) is 0 Å². The predicted molar refractivity (Wildman–Crippen MR) is 78.0 cm³/mol. The molecule has 0 aliphatic carbocycles. The molecule has 0 heterocycles. The van der Waals surface area contributed by atoms with Crippen molar-refractivity contribution >= 4 is 22.8 Å². The van der Waals surface area contributed by atoms with Gasteiger partial charge in [0.25, 0.3) is 0 Å². The van der Waals surface area contributed by atoms with E-state index in [2.05, 4.69) is 19.7 Å². The smallest absolute Gasteiger partial charge is 0.333 e. The van der Waals surface area contributed by atoms with Crippen LogP contribution in [0.5, 0.6) is 0 Å². The third-order valence-electron chi connectivity index (χ3n) is 2.74. The number of carbonyl (C=O) groups excluding carboxylic acids is 1. The summed E-state index contributed by atoms with van der Waals surface area (Å²) in [6.45, 7) is 15.3. The third-order valence-corrected chi connectivity index (χ3v) is 9.88. The summed E-state index contributed by atoms with van der Waals surface area (Å²) in [4.78, 5) is 11.6. The van der Waals surface area contributed by atoms with E-state index in [9.17, 15) is 4.79 Å². The zero-order valence-corrected chi connectivity index (χ0v) is 14.6. The van der Waals surface area contributed by atoms with Crippen LogP contribution in [0.4, 0.5) is 0 Å². The van der Waals surface area contributed by atoms with Gasteiger partial charge in [-0.2, -0.15) is 0 Å². The second kappa shape index (κ2) is 6.65. The summed E-state index contributed by atoms with van der Waals surface area (Å²) in [5.41, 5.74) is 0.241. The Labute approximate surface area is 113 Å². The number of ether oxygens (including phenoxy) is 1. The third kappa shape index (κ3) is 5.47. The fourth-order valence-corrected chi connectivity index (χ4v) is 8.99. The van der Waals surface area contributed by atoms with E-state index in [-0.39, 0.29) is 11.7 Å². The molecule has 18 heavy (non-hydrogen) atoms. The summed E-state index contributed by atoms with van der Waals surface area (Å²) in [6, 6.07) is 0. The highest BCUT2D eigenvalue weighted by molar-refractivity contribution is 6.83. The van der Waals surface area contributed by atoms with Crippen molar-refractivity contribution in [1.29, 1.82) is 0 Å². The van der Waals surface area contributed by atoms with Gasteiger partial charge >= 0.3 is 14.5 Å². The van der Waals surface area contributed by atoms with Crippen molar-refractivity contribution in [2.45, 2.75) is 52.2 Å². The molecule has 0 amide bonds. The van der Waals surface area contributed by atoms with E-state index in [1.54, 1.807) is 14.0 Å². The second-order valence-electron chi connectivity index (χ2n) is 5.39. The summed E-state index contributed by atoms with van der Waals surface area (Å²) in [5.74, 6) is -0.345. The number of hydrogen-bond donors (Lipinski definition) is 0. The van der Waals surface area contributed by atoms with Crippen molar-refractivity contribution in [3.8, 4) is 0 Å². The molecule has 0 radical (unpaired) electrons. The van der Waals surface area contributed by atoms with Crippen molar-refractivity contribution in [2.24, 2.45) is 0 Å². The van der Waals surface area contributed by atoms with E-state index in [0.717, 1.165) is 6.42 Å². The number of rotatable bonds is 7. The Hall–Kier alpha value is -0.436. The number of carbonyl (C=O) groups is 1. The van der Waals surface area contributed by atoms with Gasteiger partial charge in [-0.1, -0.05) is 13.5 Å². The van der Waals surface area contributed by atoms with Gasteiger partial charge in [0.2, 0.25) is 8.32 Å². The summed E-state index contributed by atoms with van der Waals surface area (Å²) in [7, 11) is -2.60. The van der Waals surface area contributed by atoms with Crippen LogP contribution in [-0.2, 0) is 18.1 Å². The first-order valence-corrected chi connectivity index (χ1v) is 12.0. The SMILES string of the molecule is C=C(C)C(=O)OC(CC)[Si](C)(C)O[Si](C)(C)OC. The van der Waals surface area contributed by atoms with Crippen molar-refractivity contribution in [3.05, 3.63) is 12.2 Å². The molecule has 0 aromatic heterocycles. The molecule has 0 fully saturated rings. The fraction of sp³-hybridized carbons (Fsp3) is 0.750. The second-order valence-corrected chi connectivity index (χ2v) is 13.3. The molecule has 106 valence electrons. The molecule has 0 aromatic carbocycles. The normalized spacial score (nSPS) is 14.2. The van der Waals surface area contributed by atoms with Gasteiger partial charge in [0.05, 0.1) is 0 Å². The number of hydrogen-bond acceptors (Lipinski definition) is 4. The molecule has 0 rings (SSSR count). The van der Waals surface area contributed by atoms with Crippen LogP contribution in [-0.4, -0.2) is 35.7 Å². The highest BCUT2D eigenvalue weighted by Gasteiger charge is 2.41. The van der Waals surface area contributed by atoms with Gasteiger partial charge in [-0.25, -0.2) is 4.79 Å². The van der Waals surface area contributed by atoms with Gasteiger partial charge < -0.3 is 13.3 Å². The van der Waals surface area contributed by atoms with E-state index in [1.165, 1.54) is 0 Å². The zero-order chi connectivity index (χ0) is 14.6. The molecular weight excluding hydrogens is 264 g/mol. The van der Waals surface area contributed by atoms with Crippen LogP contribution in [0.25, 0.3) is 0 Å². The van der Waals surface area contributed by atoms with Gasteiger partial charge in [-0.15, -0.1) is 0 Å². The number of esters is 1. The lowest BCUT2D eigenvalue weighted by Crippen LogP contribution is -2.54. The van der Waals surface area contributed by atoms with Crippen molar-refractivity contribution in [1.82, 2.24) is 0 Å². The standard InChI is InChI=1S/C12H26O4Si2/c1-9-11(15-12(13)10(2)3)17(5,6)16-18(7,8)14-4/h11H,2,9H2,1,3-8H3. The molecule has 0 saturated carbocycles. The van der Waals surface area contributed by atoms with Crippen LogP contribution in [0.2, 0.25) is 26.2 Å². The minimum Gasteiger partial charge on any atom is -0.460 e. The molecule has 0 N–H and O–H groups in total. The van der Waals surface area contributed by atoms with Crippen LogP contribution in [0.1, 0.15) is 20.3 Å². The summed E-state index contributed by atoms with van der Waals surface area (Å²) in [5, 5.41) is 0. The van der Waals surface area contributed by atoms with Crippen molar-refractivity contribution in [3.63, 3.8) is 0 Å². The molecule has 0 spiro atoms. The Bertz CT molecular complexity index is 313. The maximum atomic E-state index is 11.6. The van der Waals surface area contributed by atoms with E-state index < -0.39 is 16.9 Å². The average molecular weight is 291 g/mol.